The first-order valence-electron chi connectivity index (χ1n) is 19.7. The van der Waals surface area contributed by atoms with Gasteiger partial charge in [0, 0.05) is 70.8 Å². The molecular weight excluding hydrogens is 1170 g/mol. The Bertz CT molecular complexity index is 2360. The third-order valence-electron chi connectivity index (χ3n) is 7.82. The van der Waals surface area contributed by atoms with Crippen LogP contribution in [-0.4, -0.2) is 96.6 Å². The number of nitriles is 4. The predicted molar refractivity (Wildman–Crippen MR) is 282 cm³/mol. The van der Waals surface area contributed by atoms with Crippen molar-refractivity contribution in [3.05, 3.63) is 136 Å². The maximum atomic E-state index is 9.17. The molecule has 0 amide bonds. The third-order valence-corrected chi connectivity index (χ3v) is 10.3. The van der Waals surface area contributed by atoms with E-state index in [2.05, 4.69) is 73.9 Å². The minimum Gasteiger partial charge on any atom is -1.00 e. The van der Waals surface area contributed by atoms with E-state index in [0.717, 1.165) is 27.0 Å². The molecule has 0 aliphatic heterocycles. The molecule has 10 N–H and O–H groups in total. The van der Waals surface area contributed by atoms with Crippen LogP contribution in [0.2, 0.25) is 0 Å². The number of methoxy groups -OCH3 is 2. The Kier molecular flexibility index (Phi) is 43.4. The molecule has 70 heavy (non-hydrogen) atoms. The molecule has 5 rings (SSSR count). The molecule has 3 radical (unpaired) electrons. The number of halogens is 4. The first-order chi connectivity index (χ1) is 32.8. The van der Waals surface area contributed by atoms with Gasteiger partial charge in [-0.3, -0.25) is 5.41 Å². The standard InChI is InChI=1S/2C10H10BrNO2.C10H16N4O2.C8H7NO2.C7H5NO.C2H4Br2.B.Na.H/c1-13-10-6-8(7-12)2-3-9(10)14-5-4-11;11-3-4-14-10-2-1-8(6-12)5-9(10)7-13;11-10(12)7-1-2-9(8(5-7)6-15)14-3-4-16-13;1-11-8-4-6(5-9)2-3-7(8)10;8-5-6-1-3-7(9)4-2-6;3-1-2-4;;;/h2-3,6H,4-5H2,1H3;1-2,5,13H,3-4,7H2;1-2,5,14-15H,3-4,6,13H2,(H3,11,12);2-4,10H,1H3;1-4,9H;1-2H2;;;/q;;;;;;;+1;-1. The van der Waals surface area contributed by atoms with E-state index in [-0.39, 0.29) is 69.9 Å². The minimum absolute atomic E-state index is 0. The number of aliphatic hydroxyl groups excluding tert-OH is 2. The summed E-state index contributed by atoms with van der Waals surface area (Å²) < 4.78 is 20.6. The fourth-order valence-corrected chi connectivity index (χ4v) is 4.98. The van der Waals surface area contributed by atoms with Gasteiger partial charge in [0.1, 0.15) is 17.3 Å². The average molecular weight is 1230 g/mol. The number of nitrogens with zero attached hydrogens (tertiary/aromatic N) is 4. The molecule has 5 aromatic carbocycles. The van der Waals surface area contributed by atoms with Crippen molar-refractivity contribution >= 4 is 83.7 Å². The van der Waals surface area contributed by atoms with E-state index in [1.165, 1.54) is 37.4 Å². The van der Waals surface area contributed by atoms with Gasteiger partial charge in [0.25, 0.3) is 0 Å². The zero-order chi connectivity index (χ0) is 51.1. The van der Waals surface area contributed by atoms with Crippen molar-refractivity contribution in [1.82, 2.24) is 0 Å². The normalized spacial score (nSPS) is 8.93. The van der Waals surface area contributed by atoms with Crippen LogP contribution < -0.4 is 65.5 Å². The Labute approximate surface area is 468 Å². The zero-order valence-corrected chi connectivity index (χ0v) is 47.0. The van der Waals surface area contributed by atoms with E-state index < -0.39 is 0 Å². The van der Waals surface area contributed by atoms with Crippen molar-refractivity contribution in [2.75, 3.05) is 67.2 Å². The Balaban J connectivity index is -0.000000387. The molecule has 0 unspecified atom stereocenters. The van der Waals surface area contributed by atoms with Crippen LogP contribution in [0, 0.1) is 50.7 Å². The summed E-state index contributed by atoms with van der Waals surface area (Å²) in [7, 11) is 2.99. The largest absolute Gasteiger partial charge is 1.00 e. The number of ether oxygens (including phenoxy) is 4. The van der Waals surface area contributed by atoms with Crippen LogP contribution in [0.1, 0.15) is 40.4 Å². The summed E-state index contributed by atoms with van der Waals surface area (Å²) in [5, 5.41) is 84.1. The van der Waals surface area contributed by atoms with Crippen molar-refractivity contribution in [1.29, 1.82) is 26.5 Å². The molecule has 23 heteroatoms. The van der Waals surface area contributed by atoms with Crippen molar-refractivity contribution in [2.24, 2.45) is 11.6 Å². The number of phenolic OH excluding ortho intramolecular Hbond substituents is 2. The van der Waals surface area contributed by atoms with E-state index in [1.54, 1.807) is 73.8 Å². The molecule has 0 bridgehead atoms. The third kappa shape index (κ3) is 29.2. The van der Waals surface area contributed by atoms with Crippen LogP contribution in [0.5, 0.6) is 34.5 Å². The van der Waals surface area contributed by atoms with E-state index in [4.69, 9.17) is 72.4 Å². The summed E-state index contributed by atoms with van der Waals surface area (Å²) in [6.07, 6.45) is 0. The number of aliphatic hydroxyl groups is 2. The number of nitrogens with one attached hydrogen (secondary N) is 2. The summed E-state index contributed by atoms with van der Waals surface area (Å²) >= 11 is 12.9. The van der Waals surface area contributed by atoms with E-state index in [9.17, 15) is 5.11 Å². The van der Waals surface area contributed by atoms with Crippen LogP contribution in [0.25, 0.3) is 0 Å². The monoisotopic (exact) mass is 1220 g/mol. The topological polar surface area (TPSA) is 310 Å². The zero-order valence-electron chi connectivity index (χ0n) is 39.7. The number of phenols is 2. The summed E-state index contributed by atoms with van der Waals surface area (Å²) in [4.78, 5) is 4.42. The first kappa shape index (κ1) is 69.2. The van der Waals surface area contributed by atoms with Gasteiger partial charge < -0.3 is 56.7 Å². The number of benzene rings is 5. The fourth-order valence-electron chi connectivity index (χ4n) is 4.66. The second-order valence-electron chi connectivity index (χ2n) is 12.4. The van der Waals surface area contributed by atoms with Gasteiger partial charge in [-0.2, -0.15) is 21.0 Å². The van der Waals surface area contributed by atoms with Gasteiger partial charge in [-0.05, 0) is 84.9 Å². The van der Waals surface area contributed by atoms with E-state index in [1.807, 2.05) is 24.3 Å². The van der Waals surface area contributed by atoms with Crippen LogP contribution >= 0.6 is 63.7 Å². The van der Waals surface area contributed by atoms with Crippen molar-refractivity contribution in [2.45, 2.75) is 13.2 Å². The molecule has 0 saturated heterocycles. The van der Waals surface area contributed by atoms with Gasteiger partial charge in [-0.15, -0.1) is 0 Å². The number of rotatable bonds is 16. The maximum Gasteiger partial charge on any atom is 1.00 e. The molecular formula is C47H53BBr4N8NaO9. The van der Waals surface area contributed by atoms with Crippen molar-refractivity contribution in [3.63, 3.8) is 0 Å². The molecule has 0 atom stereocenters. The van der Waals surface area contributed by atoms with E-state index in [0.29, 0.717) is 88.3 Å². The molecule has 0 aromatic heterocycles. The Morgan fingerprint density at radius 3 is 1.54 bits per heavy atom. The molecule has 0 fully saturated rings. The summed E-state index contributed by atoms with van der Waals surface area (Å²) in [6.45, 7) is 1.80. The van der Waals surface area contributed by atoms with Gasteiger partial charge in [0.2, 0.25) is 0 Å². The number of aromatic hydroxyl groups is 2. The van der Waals surface area contributed by atoms with Gasteiger partial charge in [-0.25, -0.2) is 5.90 Å². The molecule has 0 spiro atoms. The number of hydrogen-bond acceptors (Lipinski definition) is 16. The summed E-state index contributed by atoms with van der Waals surface area (Å²) in [5.41, 5.74) is 10.2. The first-order valence-corrected chi connectivity index (χ1v) is 24.1. The van der Waals surface area contributed by atoms with Crippen molar-refractivity contribution < 1.29 is 75.2 Å². The van der Waals surface area contributed by atoms with Crippen LogP contribution in [0.4, 0.5) is 5.69 Å². The Hall–Kier alpha value is -5.05. The summed E-state index contributed by atoms with van der Waals surface area (Å²) in [6, 6.07) is 33.7. The molecule has 0 heterocycles. The molecule has 0 aliphatic carbocycles. The predicted octanol–water partition coefficient (Wildman–Crippen LogP) is 4.98. The fraction of sp³-hybridized carbons (Fsp3) is 0.255. The average Bonchev–Trinajstić information content (AvgIpc) is 3.38. The number of nitrogen functional groups attached to an aromatic ring is 1. The van der Waals surface area contributed by atoms with Crippen molar-refractivity contribution in [3.8, 4) is 58.8 Å². The molecule has 367 valence electrons. The number of alkyl halides is 4. The van der Waals surface area contributed by atoms with Crippen LogP contribution in [0.3, 0.4) is 0 Å². The second kappa shape index (κ2) is 43.9. The molecule has 5 aromatic rings. The van der Waals surface area contributed by atoms with Gasteiger partial charge in [0.15, 0.2) is 23.0 Å². The van der Waals surface area contributed by atoms with Gasteiger partial charge in [-0.1, -0.05) is 63.7 Å². The molecule has 0 saturated carbocycles. The molecule has 0 aliphatic rings. The van der Waals surface area contributed by atoms with Gasteiger partial charge in [0.05, 0.1) is 93.8 Å². The number of amidine groups is 1. The van der Waals surface area contributed by atoms with E-state index >= 15 is 0 Å². The molecule has 17 nitrogen and oxygen atoms in total. The number of anilines is 1. The SMILES string of the molecule is BrCCBr.COc1cc(C#N)ccc1O.COc1cc(C#N)ccc1OCCBr.N#Cc1ccc(O)cc1.N#Cc1ccc(OCCBr)c(CO)c1.N=C(N)c1ccc(NCCON)c(CO)c1.[B].[H-].[Na+]. The quantitative estimate of drug-likeness (QED) is 0.0161. The van der Waals surface area contributed by atoms with Crippen LogP contribution in [-0.2, 0) is 18.1 Å². The summed E-state index contributed by atoms with van der Waals surface area (Å²) in [5.74, 6) is 7.31. The maximum absolute atomic E-state index is 9.17. The Morgan fingerprint density at radius 1 is 0.614 bits per heavy atom. The van der Waals surface area contributed by atoms with Gasteiger partial charge >= 0.3 is 29.6 Å². The Morgan fingerprint density at radius 2 is 1.09 bits per heavy atom. The van der Waals surface area contributed by atoms with Crippen LogP contribution in [0.15, 0.2) is 97.1 Å². The smallest absolute Gasteiger partial charge is 1.00 e. The number of nitrogens with two attached hydrogens (primary N) is 2. The number of hydrogen-bond donors (Lipinski definition) is 8. The minimum atomic E-state index is -0.118. The second-order valence-corrected chi connectivity index (χ2v) is 15.6.